The molecule has 0 bridgehead atoms. The SMILES string of the molecule is CCCCOC(=O)c1cccc(NC(=O)c2sc3ccccc3c2CCC)c1. The molecule has 0 radical (unpaired) electrons. The molecule has 1 amide bonds. The van der Waals surface area contributed by atoms with E-state index in [1.54, 1.807) is 24.3 Å². The van der Waals surface area contributed by atoms with Crippen molar-refractivity contribution in [2.45, 2.75) is 39.5 Å². The molecule has 146 valence electrons. The van der Waals surface area contributed by atoms with E-state index in [0.717, 1.165) is 46.2 Å². The predicted octanol–water partition coefficient (Wildman–Crippen LogP) is 6.06. The highest BCUT2D eigenvalue weighted by atomic mass is 32.1. The van der Waals surface area contributed by atoms with Gasteiger partial charge in [-0.15, -0.1) is 11.3 Å². The highest BCUT2D eigenvalue weighted by molar-refractivity contribution is 7.21. The number of thiophene rings is 1. The van der Waals surface area contributed by atoms with Crippen LogP contribution in [0, 0.1) is 0 Å². The van der Waals surface area contributed by atoms with E-state index in [0.29, 0.717) is 17.9 Å². The fourth-order valence-corrected chi connectivity index (χ4v) is 4.23. The standard InChI is InChI=1S/C23H25NO3S/c1-3-5-14-27-23(26)16-10-8-11-17(15-16)24-22(25)21-19(9-4-2)18-12-6-7-13-20(18)28-21/h6-8,10-13,15H,3-5,9,14H2,1-2H3,(H,24,25). The lowest BCUT2D eigenvalue weighted by Crippen LogP contribution is -2.13. The molecule has 28 heavy (non-hydrogen) atoms. The van der Waals surface area contributed by atoms with Gasteiger partial charge in [0.1, 0.15) is 0 Å². The minimum Gasteiger partial charge on any atom is -0.462 e. The van der Waals surface area contributed by atoms with Gasteiger partial charge >= 0.3 is 5.97 Å². The normalized spacial score (nSPS) is 10.8. The molecule has 4 nitrogen and oxygen atoms in total. The van der Waals surface area contributed by atoms with Crippen molar-refractivity contribution in [1.29, 1.82) is 0 Å². The average molecular weight is 396 g/mol. The summed E-state index contributed by atoms with van der Waals surface area (Å²) in [6, 6.07) is 15.0. The first-order chi connectivity index (χ1) is 13.6. The average Bonchev–Trinajstić information content (AvgIpc) is 3.07. The van der Waals surface area contributed by atoms with Crippen LogP contribution >= 0.6 is 11.3 Å². The number of hydrogen-bond donors (Lipinski definition) is 1. The van der Waals surface area contributed by atoms with E-state index in [4.69, 9.17) is 4.74 Å². The van der Waals surface area contributed by atoms with E-state index in [1.807, 2.05) is 25.1 Å². The molecular weight excluding hydrogens is 370 g/mol. The lowest BCUT2D eigenvalue weighted by atomic mass is 10.1. The number of nitrogens with one attached hydrogen (secondary N) is 1. The second-order valence-electron chi connectivity index (χ2n) is 6.68. The summed E-state index contributed by atoms with van der Waals surface area (Å²) < 4.78 is 6.37. The number of carbonyl (C=O) groups is 2. The summed E-state index contributed by atoms with van der Waals surface area (Å²) in [5.41, 5.74) is 2.13. The van der Waals surface area contributed by atoms with Crippen molar-refractivity contribution in [3.8, 4) is 0 Å². The summed E-state index contributed by atoms with van der Waals surface area (Å²) in [7, 11) is 0. The topological polar surface area (TPSA) is 55.4 Å². The van der Waals surface area contributed by atoms with Gasteiger partial charge in [0.25, 0.3) is 5.91 Å². The predicted molar refractivity (Wildman–Crippen MR) is 115 cm³/mol. The number of hydrogen-bond acceptors (Lipinski definition) is 4. The second-order valence-corrected chi connectivity index (χ2v) is 7.73. The van der Waals surface area contributed by atoms with Crippen molar-refractivity contribution < 1.29 is 14.3 Å². The minimum absolute atomic E-state index is 0.138. The number of rotatable bonds is 8. The van der Waals surface area contributed by atoms with Crippen molar-refractivity contribution in [2.24, 2.45) is 0 Å². The number of benzene rings is 2. The first-order valence-corrected chi connectivity index (χ1v) is 10.5. The summed E-state index contributed by atoms with van der Waals surface area (Å²) in [5, 5.41) is 4.09. The first-order valence-electron chi connectivity index (χ1n) is 9.73. The molecule has 0 saturated carbocycles. The zero-order chi connectivity index (χ0) is 19.9. The molecule has 0 aliphatic heterocycles. The summed E-state index contributed by atoms with van der Waals surface area (Å²) in [6.07, 6.45) is 3.64. The molecule has 0 fully saturated rings. The van der Waals surface area contributed by atoms with Crippen molar-refractivity contribution in [3.63, 3.8) is 0 Å². The quantitative estimate of drug-likeness (QED) is 0.372. The Morgan fingerprint density at radius 3 is 2.64 bits per heavy atom. The molecule has 0 saturated heterocycles. The number of carbonyl (C=O) groups excluding carboxylic acids is 2. The Morgan fingerprint density at radius 1 is 1.04 bits per heavy atom. The maximum absolute atomic E-state index is 13.0. The van der Waals surface area contributed by atoms with Gasteiger partial charge in [0.2, 0.25) is 0 Å². The van der Waals surface area contributed by atoms with Crippen molar-refractivity contribution in [3.05, 3.63) is 64.5 Å². The first kappa shape index (κ1) is 20.1. The van der Waals surface area contributed by atoms with Crippen LogP contribution in [-0.2, 0) is 11.2 Å². The number of fused-ring (bicyclic) bond motifs is 1. The van der Waals surface area contributed by atoms with Gasteiger partial charge in [0.05, 0.1) is 17.0 Å². The molecule has 3 rings (SSSR count). The summed E-state index contributed by atoms with van der Waals surface area (Å²) in [5.74, 6) is -0.501. The maximum Gasteiger partial charge on any atom is 0.338 e. The zero-order valence-electron chi connectivity index (χ0n) is 16.3. The Kier molecular flexibility index (Phi) is 6.82. The Morgan fingerprint density at radius 2 is 1.86 bits per heavy atom. The van der Waals surface area contributed by atoms with Gasteiger partial charge in [-0.05, 0) is 48.1 Å². The molecule has 3 aromatic rings. The van der Waals surface area contributed by atoms with Gasteiger partial charge in [-0.3, -0.25) is 4.79 Å². The van der Waals surface area contributed by atoms with Crippen molar-refractivity contribution in [1.82, 2.24) is 0 Å². The number of ether oxygens (including phenoxy) is 1. The number of amides is 1. The molecule has 0 aliphatic rings. The number of esters is 1. The Bertz CT molecular complexity index is 977. The lowest BCUT2D eigenvalue weighted by molar-refractivity contribution is 0.0499. The van der Waals surface area contributed by atoms with Gasteiger partial charge in [-0.1, -0.05) is 51.0 Å². The number of aryl methyl sites for hydroxylation is 1. The third-order valence-corrected chi connectivity index (χ3v) is 5.70. The summed E-state index contributed by atoms with van der Waals surface area (Å²) >= 11 is 1.51. The zero-order valence-corrected chi connectivity index (χ0v) is 17.1. The van der Waals surface area contributed by atoms with Crippen LogP contribution < -0.4 is 5.32 Å². The molecule has 2 aromatic carbocycles. The van der Waals surface area contributed by atoms with Gasteiger partial charge < -0.3 is 10.1 Å². The van der Waals surface area contributed by atoms with Crippen LogP contribution in [0.2, 0.25) is 0 Å². The van der Waals surface area contributed by atoms with E-state index in [-0.39, 0.29) is 11.9 Å². The molecule has 0 atom stereocenters. The van der Waals surface area contributed by atoms with Gasteiger partial charge in [-0.2, -0.15) is 0 Å². The van der Waals surface area contributed by atoms with Gasteiger partial charge in [0, 0.05) is 10.4 Å². The van der Waals surface area contributed by atoms with E-state index in [1.165, 1.54) is 11.3 Å². The van der Waals surface area contributed by atoms with Crippen LogP contribution in [-0.4, -0.2) is 18.5 Å². The number of anilines is 1. The Hall–Kier alpha value is -2.66. The monoisotopic (exact) mass is 395 g/mol. The fourth-order valence-electron chi connectivity index (χ4n) is 3.08. The van der Waals surface area contributed by atoms with Crippen LogP contribution in [0.3, 0.4) is 0 Å². The van der Waals surface area contributed by atoms with E-state index >= 15 is 0 Å². The largest absolute Gasteiger partial charge is 0.462 e. The number of unbranched alkanes of at least 4 members (excludes halogenated alkanes) is 1. The van der Waals surface area contributed by atoms with Crippen LogP contribution in [0.4, 0.5) is 5.69 Å². The molecule has 0 aliphatic carbocycles. The third-order valence-electron chi connectivity index (χ3n) is 4.49. The highest BCUT2D eigenvalue weighted by Crippen LogP contribution is 2.32. The molecule has 5 heteroatoms. The van der Waals surface area contributed by atoms with Gasteiger partial charge in [0.15, 0.2) is 0 Å². The second kappa shape index (κ2) is 9.51. The molecule has 0 unspecified atom stereocenters. The molecule has 1 aromatic heterocycles. The molecule has 1 heterocycles. The van der Waals surface area contributed by atoms with Crippen LogP contribution in [0.15, 0.2) is 48.5 Å². The van der Waals surface area contributed by atoms with Crippen LogP contribution in [0.25, 0.3) is 10.1 Å². The van der Waals surface area contributed by atoms with E-state index < -0.39 is 0 Å². The van der Waals surface area contributed by atoms with Crippen molar-refractivity contribution >= 4 is 39.0 Å². The molecular formula is C23H25NO3S. The fraction of sp³-hybridized carbons (Fsp3) is 0.304. The molecule has 0 spiro atoms. The lowest BCUT2D eigenvalue weighted by Gasteiger charge is -2.08. The smallest absolute Gasteiger partial charge is 0.338 e. The summed E-state index contributed by atoms with van der Waals surface area (Å²) in [4.78, 5) is 25.8. The molecule has 1 N–H and O–H groups in total. The minimum atomic E-state index is -0.363. The van der Waals surface area contributed by atoms with E-state index in [2.05, 4.69) is 18.3 Å². The van der Waals surface area contributed by atoms with Crippen molar-refractivity contribution in [2.75, 3.05) is 11.9 Å². The summed E-state index contributed by atoms with van der Waals surface area (Å²) in [6.45, 7) is 4.57. The maximum atomic E-state index is 13.0. The highest BCUT2D eigenvalue weighted by Gasteiger charge is 2.18. The van der Waals surface area contributed by atoms with Gasteiger partial charge in [-0.25, -0.2) is 4.79 Å². The Labute approximate surface area is 169 Å². The Balaban J connectivity index is 1.80. The van der Waals surface area contributed by atoms with E-state index in [9.17, 15) is 9.59 Å². The van der Waals surface area contributed by atoms with Crippen LogP contribution in [0.5, 0.6) is 0 Å². The third kappa shape index (κ3) is 4.60. The van der Waals surface area contributed by atoms with Crippen LogP contribution in [0.1, 0.15) is 58.7 Å².